The van der Waals surface area contributed by atoms with Crippen molar-refractivity contribution in [3.8, 4) is 0 Å². The van der Waals surface area contributed by atoms with Crippen LogP contribution >= 0.6 is 0 Å². The highest BCUT2D eigenvalue weighted by Crippen LogP contribution is 2.28. The van der Waals surface area contributed by atoms with Crippen LogP contribution in [0.15, 0.2) is 12.2 Å². The van der Waals surface area contributed by atoms with Gasteiger partial charge in [-0.05, 0) is 39.5 Å². The van der Waals surface area contributed by atoms with Crippen LogP contribution in [0.1, 0.15) is 78.1 Å². The van der Waals surface area contributed by atoms with Gasteiger partial charge < -0.3 is 19.3 Å². The molecule has 30 heavy (non-hydrogen) atoms. The molecule has 0 aliphatic heterocycles. The van der Waals surface area contributed by atoms with Crippen molar-refractivity contribution in [2.24, 2.45) is 17.3 Å². The molecule has 8 heteroatoms. The van der Waals surface area contributed by atoms with E-state index in [9.17, 15) is 24.3 Å². The van der Waals surface area contributed by atoms with E-state index in [1.165, 1.54) is 19.1 Å². The summed E-state index contributed by atoms with van der Waals surface area (Å²) in [5.74, 6) is -4.52. The zero-order chi connectivity index (χ0) is 22.1. The van der Waals surface area contributed by atoms with Crippen molar-refractivity contribution in [1.82, 2.24) is 0 Å². The molecule has 0 amide bonds. The van der Waals surface area contributed by atoms with E-state index in [1.807, 2.05) is 0 Å². The maximum absolute atomic E-state index is 12.6. The smallest absolute Gasteiger partial charge is 0.412 e. The van der Waals surface area contributed by atoms with Gasteiger partial charge in [-0.25, -0.2) is 0 Å². The molecule has 0 aromatic carbocycles. The summed E-state index contributed by atoms with van der Waals surface area (Å²) in [5, 5.41) is 9.45. The van der Waals surface area contributed by atoms with Crippen LogP contribution < -0.4 is 0 Å². The minimum Gasteiger partial charge on any atom is -0.480 e. The molecule has 0 spiro atoms. The Balaban J connectivity index is 2.12. The van der Waals surface area contributed by atoms with E-state index in [1.54, 1.807) is 6.92 Å². The Labute approximate surface area is 176 Å². The monoisotopic (exact) mass is 424 g/mol. The summed E-state index contributed by atoms with van der Waals surface area (Å²) in [5.41, 5.74) is -2.00. The van der Waals surface area contributed by atoms with Crippen LogP contribution in [0, 0.1) is 17.3 Å². The van der Waals surface area contributed by atoms with Gasteiger partial charge >= 0.3 is 30.4 Å². The van der Waals surface area contributed by atoms with Crippen molar-refractivity contribution < 1.29 is 38.5 Å². The average molecular weight is 424 g/mol. The Morgan fingerprint density at radius 2 is 1.27 bits per heavy atom. The maximum atomic E-state index is 12.6. The number of allylic oxidation sites excluding steroid dienone is 1. The third kappa shape index (κ3) is 6.31. The summed E-state index contributed by atoms with van der Waals surface area (Å²) in [6.45, 7) is 0.837. The Morgan fingerprint density at radius 3 is 1.63 bits per heavy atom. The van der Waals surface area contributed by atoms with Crippen LogP contribution in [0.4, 0.5) is 0 Å². The van der Waals surface area contributed by atoms with Gasteiger partial charge in [-0.1, -0.05) is 50.7 Å². The molecular formula is C22H32O8. The molecule has 2 fully saturated rings. The van der Waals surface area contributed by atoms with Gasteiger partial charge in [0.25, 0.3) is 0 Å². The Kier molecular flexibility index (Phi) is 8.87. The molecule has 0 aromatic heterocycles. The molecule has 1 N–H and O–H groups in total. The summed E-state index contributed by atoms with van der Waals surface area (Å²) >= 11 is 0. The van der Waals surface area contributed by atoms with Crippen molar-refractivity contribution in [2.75, 3.05) is 0 Å². The lowest BCUT2D eigenvalue weighted by atomic mass is 9.89. The first-order valence-electron chi connectivity index (χ1n) is 10.8. The second kappa shape index (κ2) is 11.1. The molecule has 0 aromatic rings. The standard InChI is InChI=1S/C22H32O8/c1-3-14-22(2,19(25)26)20(27)30-21(28-17(23)15-10-6-4-7-11-15)29-18(24)16-12-8-5-9-13-16/h3,14-16,21H,4-13H2,1-2H3,(H,25,26). The van der Waals surface area contributed by atoms with Crippen LogP contribution in [-0.2, 0) is 33.4 Å². The Hall–Kier alpha value is -2.38. The molecule has 0 radical (unpaired) electrons. The van der Waals surface area contributed by atoms with Crippen molar-refractivity contribution >= 4 is 23.9 Å². The number of carbonyl (C=O) groups excluding carboxylic acids is 3. The first kappa shape index (κ1) is 23.9. The fourth-order valence-corrected chi connectivity index (χ4v) is 3.90. The zero-order valence-corrected chi connectivity index (χ0v) is 17.8. The first-order valence-corrected chi connectivity index (χ1v) is 10.8. The molecule has 2 aliphatic carbocycles. The fourth-order valence-electron chi connectivity index (χ4n) is 3.90. The van der Waals surface area contributed by atoms with Gasteiger partial charge in [-0.3, -0.25) is 19.2 Å². The van der Waals surface area contributed by atoms with Gasteiger partial charge in [-0.2, -0.15) is 0 Å². The summed E-state index contributed by atoms with van der Waals surface area (Å²) in [4.78, 5) is 49.2. The number of hydrogen-bond acceptors (Lipinski definition) is 7. The molecule has 0 heterocycles. The highest BCUT2D eigenvalue weighted by molar-refractivity contribution is 6.01. The first-order chi connectivity index (χ1) is 14.3. The number of rotatable bonds is 8. The lowest BCUT2D eigenvalue weighted by Crippen LogP contribution is -2.41. The van der Waals surface area contributed by atoms with Crippen molar-refractivity contribution in [3.63, 3.8) is 0 Å². The summed E-state index contributed by atoms with van der Waals surface area (Å²) in [6.07, 6.45) is 10.8. The number of aliphatic carboxylic acids is 1. The van der Waals surface area contributed by atoms with Crippen molar-refractivity contribution in [3.05, 3.63) is 12.2 Å². The molecular weight excluding hydrogens is 392 g/mol. The van der Waals surface area contributed by atoms with Crippen LogP contribution in [0.5, 0.6) is 0 Å². The normalized spacial score (nSPS) is 20.5. The minimum absolute atomic E-state index is 0.352. The lowest BCUT2D eigenvalue weighted by Gasteiger charge is -2.27. The Bertz CT molecular complexity index is 626. The van der Waals surface area contributed by atoms with Gasteiger partial charge in [0.1, 0.15) is 0 Å². The van der Waals surface area contributed by atoms with Gasteiger partial charge in [0.15, 0.2) is 5.41 Å². The third-order valence-electron chi connectivity index (χ3n) is 5.87. The van der Waals surface area contributed by atoms with Gasteiger partial charge in [0, 0.05) is 0 Å². The Morgan fingerprint density at radius 1 is 0.833 bits per heavy atom. The van der Waals surface area contributed by atoms with E-state index in [4.69, 9.17) is 14.2 Å². The van der Waals surface area contributed by atoms with E-state index >= 15 is 0 Å². The third-order valence-corrected chi connectivity index (χ3v) is 5.87. The highest BCUT2D eigenvalue weighted by atomic mass is 16.9. The second-order valence-corrected chi connectivity index (χ2v) is 8.25. The van der Waals surface area contributed by atoms with E-state index in [2.05, 4.69) is 0 Å². The van der Waals surface area contributed by atoms with Crippen molar-refractivity contribution in [1.29, 1.82) is 0 Å². The average Bonchev–Trinajstić information content (AvgIpc) is 2.74. The summed E-state index contributed by atoms with van der Waals surface area (Å²) < 4.78 is 15.6. The van der Waals surface area contributed by atoms with E-state index in [-0.39, 0.29) is 11.8 Å². The number of hydrogen-bond donors (Lipinski definition) is 1. The van der Waals surface area contributed by atoms with Gasteiger partial charge in [0.05, 0.1) is 11.8 Å². The van der Waals surface area contributed by atoms with E-state index in [0.717, 1.165) is 38.5 Å². The number of ether oxygens (including phenoxy) is 3. The van der Waals surface area contributed by atoms with E-state index in [0.29, 0.717) is 25.7 Å². The van der Waals surface area contributed by atoms with E-state index < -0.39 is 35.8 Å². The molecule has 0 bridgehead atoms. The molecule has 168 valence electrons. The van der Waals surface area contributed by atoms with Gasteiger partial charge in [-0.15, -0.1) is 0 Å². The molecule has 0 saturated heterocycles. The predicted octanol–water partition coefficient (Wildman–Crippen LogP) is 3.73. The van der Waals surface area contributed by atoms with Crippen LogP contribution in [0.2, 0.25) is 0 Å². The van der Waals surface area contributed by atoms with Gasteiger partial charge in [0.2, 0.25) is 0 Å². The molecule has 1 atom stereocenters. The SMILES string of the molecule is CC=CC(C)(C(=O)O)C(=O)OC(OC(=O)C1CCCCC1)OC(=O)C1CCCCC1. The minimum atomic E-state index is -2.00. The summed E-state index contributed by atoms with van der Waals surface area (Å²) in [6, 6.07) is 0. The maximum Gasteiger partial charge on any atom is 0.412 e. The largest absolute Gasteiger partial charge is 0.480 e. The molecule has 2 rings (SSSR count). The second-order valence-electron chi connectivity index (χ2n) is 8.25. The van der Waals surface area contributed by atoms with Crippen LogP contribution in [0.25, 0.3) is 0 Å². The van der Waals surface area contributed by atoms with Crippen molar-refractivity contribution in [2.45, 2.75) is 84.5 Å². The molecule has 8 nitrogen and oxygen atoms in total. The highest BCUT2D eigenvalue weighted by Gasteiger charge is 2.43. The molecule has 2 saturated carbocycles. The molecule has 1 unspecified atom stereocenters. The number of carboxylic acids is 1. The number of carboxylic acid groups (broad SMARTS) is 1. The van der Waals surface area contributed by atoms with Crippen LogP contribution in [-0.4, -0.2) is 35.5 Å². The zero-order valence-electron chi connectivity index (χ0n) is 17.8. The predicted molar refractivity (Wildman–Crippen MR) is 106 cm³/mol. The topological polar surface area (TPSA) is 116 Å². The summed E-state index contributed by atoms with van der Waals surface area (Å²) in [7, 11) is 0. The van der Waals surface area contributed by atoms with Crippen LogP contribution in [0.3, 0.4) is 0 Å². The quantitative estimate of drug-likeness (QED) is 0.271. The number of carbonyl (C=O) groups is 4. The fraction of sp³-hybridized carbons (Fsp3) is 0.727. The lowest BCUT2D eigenvalue weighted by molar-refractivity contribution is -0.265. The number of esters is 3. The molecule has 2 aliphatic rings.